The van der Waals surface area contributed by atoms with Crippen molar-refractivity contribution in [2.45, 2.75) is 6.92 Å². The van der Waals surface area contributed by atoms with Gasteiger partial charge < -0.3 is 19.7 Å². The number of nitrogens with one attached hydrogen (secondary N) is 1. The van der Waals surface area contributed by atoms with Crippen LogP contribution in [0.3, 0.4) is 0 Å². The molecule has 1 aromatic rings. The van der Waals surface area contributed by atoms with Crippen LogP contribution in [-0.2, 0) is 14.3 Å². The third-order valence-electron chi connectivity index (χ3n) is 2.15. The molecule has 0 saturated heterocycles. The highest BCUT2D eigenvalue weighted by atomic mass is 16.4. The number of aldehydes is 1. The van der Waals surface area contributed by atoms with E-state index < -0.39 is 5.91 Å². The molecule has 110 valence electrons. The number of rotatable bonds is 5. The Balaban J connectivity index is 0.00000110. The molecule has 0 unspecified atom stereocenters. The quantitative estimate of drug-likeness (QED) is 0.794. The smallest absolute Gasteiger partial charge is 0.274 e. The van der Waals surface area contributed by atoms with Gasteiger partial charge in [0.25, 0.3) is 5.91 Å². The van der Waals surface area contributed by atoms with Crippen LogP contribution < -0.4 is 5.32 Å². The lowest BCUT2D eigenvalue weighted by atomic mass is 10.2. The van der Waals surface area contributed by atoms with Crippen LogP contribution in [0.5, 0.6) is 0 Å². The van der Waals surface area contributed by atoms with Crippen LogP contribution in [0.1, 0.15) is 16.2 Å². The normalized spacial score (nSPS) is 9.00. The van der Waals surface area contributed by atoms with E-state index in [-0.39, 0.29) is 12.2 Å². The first-order chi connectivity index (χ1) is 9.51. The number of carbonyl (C=O) groups is 3. The molecule has 0 bridgehead atoms. The van der Waals surface area contributed by atoms with Crippen LogP contribution in [0.2, 0.25) is 0 Å². The number of methoxy groups -OCH3 is 1. The van der Waals surface area contributed by atoms with Gasteiger partial charge >= 0.3 is 0 Å². The van der Waals surface area contributed by atoms with Crippen molar-refractivity contribution in [3.05, 3.63) is 23.5 Å². The first-order valence-corrected chi connectivity index (χ1v) is 5.78. The number of aryl methyl sites for hydroxylation is 1. The Morgan fingerprint density at radius 1 is 1.40 bits per heavy atom. The van der Waals surface area contributed by atoms with Gasteiger partial charge in [-0.25, -0.2) is 4.98 Å². The molecule has 0 atom stereocenters. The van der Waals surface area contributed by atoms with Gasteiger partial charge in [-0.3, -0.25) is 9.59 Å². The van der Waals surface area contributed by atoms with Gasteiger partial charge in [-0.05, 0) is 19.1 Å². The van der Waals surface area contributed by atoms with Crippen LogP contribution in [-0.4, -0.2) is 56.3 Å². The zero-order valence-corrected chi connectivity index (χ0v) is 12.0. The number of nitrogens with zero attached hydrogens (tertiary/aromatic N) is 2. The van der Waals surface area contributed by atoms with E-state index in [2.05, 4.69) is 15.0 Å². The molecule has 0 saturated carbocycles. The molecular formula is C13H19N3O4. The van der Waals surface area contributed by atoms with Gasteiger partial charge in [0.1, 0.15) is 6.29 Å². The summed E-state index contributed by atoms with van der Waals surface area (Å²) >= 11 is 0. The Hall–Kier alpha value is -2.28. The molecule has 0 fully saturated rings. The summed E-state index contributed by atoms with van der Waals surface area (Å²) in [6.45, 7) is 1.72. The molecule has 7 nitrogen and oxygen atoms in total. The van der Waals surface area contributed by atoms with Gasteiger partial charge in [0.15, 0.2) is 5.69 Å². The zero-order chi connectivity index (χ0) is 15.5. The maximum absolute atomic E-state index is 11.9. The van der Waals surface area contributed by atoms with Gasteiger partial charge in [0, 0.05) is 27.0 Å². The van der Waals surface area contributed by atoms with Gasteiger partial charge in [0.05, 0.1) is 12.2 Å². The average molecular weight is 281 g/mol. The SMILES string of the molecule is COC.Cc1ccc(NC=O)c(C(=O)N(C)CC=O)n1. The highest BCUT2D eigenvalue weighted by Crippen LogP contribution is 2.14. The number of amides is 2. The van der Waals surface area contributed by atoms with Crippen molar-refractivity contribution >= 4 is 24.3 Å². The van der Waals surface area contributed by atoms with E-state index in [0.717, 1.165) is 0 Å². The van der Waals surface area contributed by atoms with E-state index in [1.807, 2.05) is 0 Å². The fraction of sp³-hybridized carbons (Fsp3) is 0.385. The molecule has 0 aliphatic carbocycles. The molecule has 7 heteroatoms. The lowest BCUT2D eigenvalue weighted by molar-refractivity contribution is -0.108. The average Bonchev–Trinajstić information content (AvgIpc) is 2.41. The number of aromatic nitrogens is 1. The minimum atomic E-state index is -0.412. The zero-order valence-electron chi connectivity index (χ0n) is 12.0. The van der Waals surface area contributed by atoms with Gasteiger partial charge in [-0.2, -0.15) is 0 Å². The second-order valence-corrected chi connectivity index (χ2v) is 3.87. The Labute approximate surface area is 117 Å². The molecule has 20 heavy (non-hydrogen) atoms. The summed E-state index contributed by atoms with van der Waals surface area (Å²) in [6.07, 6.45) is 1.10. The lowest BCUT2D eigenvalue weighted by Gasteiger charge is -2.15. The minimum absolute atomic E-state index is 0.0189. The largest absolute Gasteiger partial charge is 0.388 e. The third kappa shape index (κ3) is 5.57. The predicted octanol–water partition coefficient (Wildman–Crippen LogP) is 0.492. The number of hydrogen-bond donors (Lipinski definition) is 1. The first kappa shape index (κ1) is 17.7. The first-order valence-electron chi connectivity index (χ1n) is 5.78. The van der Waals surface area contributed by atoms with Crippen LogP contribution in [0.15, 0.2) is 12.1 Å². The fourth-order valence-corrected chi connectivity index (χ4v) is 1.28. The molecule has 0 aromatic carbocycles. The van der Waals surface area contributed by atoms with Crippen molar-refractivity contribution in [1.29, 1.82) is 0 Å². The lowest BCUT2D eigenvalue weighted by Crippen LogP contribution is -2.30. The predicted molar refractivity (Wildman–Crippen MR) is 74.6 cm³/mol. The van der Waals surface area contributed by atoms with Crippen molar-refractivity contribution in [3.8, 4) is 0 Å². The van der Waals surface area contributed by atoms with E-state index in [1.54, 1.807) is 33.3 Å². The Bertz CT molecular complexity index is 463. The summed E-state index contributed by atoms with van der Waals surface area (Å²) in [5.41, 5.74) is 1.11. The Kier molecular flexibility index (Phi) is 8.53. The molecule has 1 N–H and O–H groups in total. The van der Waals surface area contributed by atoms with Gasteiger partial charge in [0.2, 0.25) is 6.41 Å². The molecule has 0 radical (unpaired) electrons. The highest BCUT2D eigenvalue weighted by molar-refractivity contribution is 5.99. The summed E-state index contributed by atoms with van der Waals surface area (Å²) in [7, 11) is 4.74. The number of ether oxygens (including phenoxy) is 1. The maximum Gasteiger partial charge on any atom is 0.274 e. The van der Waals surface area contributed by atoms with Crippen LogP contribution in [0.4, 0.5) is 5.69 Å². The van der Waals surface area contributed by atoms with Gasteiger partial charge in [-0.1, -0.05) is 0 Å². The second kappa shape index (κ2) is 9.62. The molecule has 0 spiro atoms. The highest BCUT2D eigenvalue weighted by Gasteiger charge is 2.17. The number of carbonyl (C=O) groups excluding carboxylic acids is 3. The summed E-state index contributed by atoms with van der Waals surface area (Å²) in [6, 6.07) is 3.28. The van der Waals surface area contributed by atoms with Crippen LogP contribution in [0.25, 0.3) is 0 Å². The number of likely N-dealkylation sites (N-methyl/N-ethyl adjacent to an activating group) is 1. The molecule has 0 aliphatic rings. The molecule has 0 aliphatic heterocycles. The van der Waals surface area contributed by atoms with E-state index in [1.165, 1.54) is 11.9 Å². The molecule has 1 heterocycles. The van der Waals surface area contributed by atoms with E-state index in [4.69, 9.17) is 0 Å². The van der Waals surface area contributed by atoms with Crippen molar-refractivity contribution in [3.63, 3.8) is 0 Å². The monoisotopic (exact) mass is 281 g/mol. The summed E-state index contributed by atoms with van der Waals surface area (Å²) in [5.74, 6) is -0.412. The van der Waals surface area contributed by atoms with E-state index >= 15 is 0 Å². The summed E-state index contributed by atoms with van der Waals surface area (Å²) in [5, 5.41) is 2.40. The van der Waals surface area contributed by atoms with E-state index in [9.17, 15) is 14.4 Å². The Morgan fingerprint density at radius 2 is 2.00 bits per heavy atom. The summed E-state index contributed by atoms with van der Waals surface area (Å²) in [4.78, 5) is 38.0. The topological polar surface area (TPSA) is 88.6 Å². The third-order valence-corrected chi connectivity index (χ3v) is 2.15. The van der Waals surface area contributed by atoms with E-state index in [0.29, 0.717) is 24.1 Å². The molecule has 2 amide bonds. The number of pyridine rings is 1. The number of anilines is 1. The Morgan fingerprint density at radius 3 is 2.50 bits per heavy atom. The standard InChI is InChI=1S/C11H13N3O3.C2H6O/c1-8-3-4-9(12-7-16)10(13-8)11(17)14(2)5-6-15;1-3-2/h3-4,6-7H,5H2,1-2H3,(H,12,16);1-2H3. The van der Waals surface area contributed by atoms with Crippen molar-refractivity contribution in [1.82, 2.24) is 9.88 Å². The van der Waals surface area contributed by atoms with Crippen molar-refractivity contribution in [2.75, 3.05) is 33.1 Å². The number of hydrogen-bond acceptors (Lipinski definition) is 5. The second-order valence-electron chi connectivity index (χ2n) is 3.87. The molecule has 1 rings (SSSR count). The maximum atomic E-state index is 11.9. The van der Waals surface area contributed by atoms with Gasteiger partial charge in [-0.15, -0.1) is 0 Å². The fourth-order valence-electron chi connectivity index (χ4n) is 1.28. The van der Waals surface area contributed by atoms with Crippen molar-refractivity contribution in [2.24, 2.45) is 0 Å². The summed E-state index contributed by atoms with van der Waals surface area (Å²) < 4.78 is 4.25. The molecular weight excluding hydrogens is 262 g/mol. The van der Waals surface area contributed by atoms with Crippen LogP contribution >= 0.6 is 0 Å². The van der Waals surface area contributed by atoms with Crippen LogP contribution in [0, 0.1) is 6.92 Å². The minimum Gasteiger partial charge on any atom is -0.388 e. The molecule has 1 aromatic heterocycles. The van der Waals surface area contributed by atoms with Crippen molar-refractivity contribution < 1.29 is 19.1 Å².